The summed E-state index contributed by atoms with van der Waals surface area (Å²) in [6.45, 7) is 1.73. The minimum absolute atomic E-state index is 0.0439. The first-order valence-electron chi connectivity index (χ1n) is 7.28. The van der Waals surface area contributed by atoms with Gasteiger partial charge in [0.25, 0.3) is 0 Å². The maximum Gasteiger partial charge on any atom is 0.453 e. The number of anilines is 1. The zero-order valence-corrected chi connectivity index (χ0v) is 13.2. The number of aryl methyl sites for hydroxylation is 1. The van der Waals surface area contributed by atoms with E-state index in [4.69, 9.17) is 11.6 Å². The monoisotopic (exact) mass is 357 g/mol. The lowest BCUT2D eigenvalue weighted by Crippen LogP contribution is -2.39. The second kappa shape index (κ2) is 6.75. The lowest BCUT2D eigenvalue weighted by molar-refractivity contribution is -0.288. The fourth-order valence-electron chi connectivity index (χ4n) is 2.74. The van der Waals surface area contributed by atoms with Gasteiger partial charge in [0, 0.05) is 12.5 Å². The minimum Gasteiger partial charge on any atom is -0.366 e. The van der Waals surface area contributed by atoms with E-state index in [1.165, 1.54) is 6.33 Å². The molecule has 9 heteroatoms. The largest absolute Gasteiger partial charge is 0.453 e. The Labute approximate surface area is 135 Å². The van der Waals surface area contributed by atoms with Gasteiger partial charge in [0.2, 0.25) is 0 Å². The third-order valence-electron chi connectivity index (χ3n) is 4.11. The van der Waals surface area contributed by atoms with Crippen LogP contribution in [0.3, 0.4) is 0 Å². The number of halogens is 6. The summed E-state index contributed by atoms with van der Waals surface area (Å²) in [5.74, 6) is -4.79. The molecule has 3 nitrogen and oxygen atoms in total. The third-order valence-corrected chi connectivity index (χ3v) is 4.56. The molecule has 130 valence electrons. The molecular weight excluding hydrogens is 341 g/mol. The number of nitrogens with zero attached hydrogens (tertiary/aromatic N) is 2. The van der Waals surface area contributed by atoms with Gasteiger partial charge in [-0.3, -0.25) is 0 Å². The molecule has 1 N–H and O–H groups in total. The molecule has 1 heterocycles. The van der Waals surface area contributed by atoms with E-state index >= 15 is 0 Å². The highest BCUT2D eigenvalue weighted by atomic mass is 35.5. The van der Waals surface area contributed by atoms with Crippen LogP contribution in [0.2, 0.25) is 5.02 Å². The fraction of sp³-hybridized carbons (Fsp3) is 0.714. The Morgan fingerprint density at radius 1 is 1.13 bits per heavy atom. The van der Waals surface area contributed by atoms with Gasteiger partial charge in [-0.2, -0.15) is 22.0 Å². The summed E-state index contributed by atoms with van der Waals surface area (Å²) < 4.78 is 62.9. The van der Waals surface area contributed by atoms with Crippen LogP contribution in [0.1, 0.15) is 37.8 Å². The van der Waals surface area contributed by atoms with Gasteiger partial charge in [-0.1, -0.05) is 11.6 Å². The Balaban J connectivity index is 1.88. The Morgan fingerprint density at radius 3 is 2.30 bits per heavy atom. The van der Waals surface area contributed by atoms with Crippen LogP contribution in [-0.2, 0) is 0 Å². The van der Waals surface area contributed by atoms with Crippen LogP contribution in [0, 0.1) is 12.8 Å². The van der Waals surface area contributed by atoms with Crippen LogP contribution in [0.4, 0.5) is 27.8 Å². The number of hydrogen-bond donors (Lipinski definition) is 1. The molecular formula is C14H17ClF5N3. The van der Waals surface area contributed by atoms with E-state index in [2.05, 4.69) is 15.3 Å². The van der Waals surface area contributed by atoms with E-state index < -0.39 is 24.4 Å². The summed E-state index contributed by atoms with van der Waals surface area (Å²) in [6, 6.07) is -0.0439. The second-order valence-electron chi connectivity index (χ2n) is 5.89. The van der Waals surface area contributed by atoms with Crippen LogP contribution in [0.25, 0.3) is 0 Å². The van der Waals surface area contributed by atoms with Crippen molar-refractivity contribution in [2.45, 2.75) is 57.2 Å². The molecule has 0 unspecified atom stereocenters. The molecule has 23 heavy (non-hydrogen) atoms. The van der Waals surface area contributed by atoms with E-state index in [1.807, 2.05) is 0 Å². The van der Waals surface area contributed by atoms with E-state index in [1.54, 1.807) is 6.92 Å². The summed E-state index contributed by atoms with van der Waals surface area (Å²) in [7, 11) is 0. The molecule has 1 fully saturated rings. The Morgan fingerprint density at radius 2 is 1.74 bits per heavy atom. The van der Waals surface area contributed by atoms with Crippen LogP contribution < -0.4 is 5.32 Å². The van der Waals surface area contributed by atoms with E-state index in [9.17, 15) is 22.0 Å². The standard InChI is InChI=1S/C14H17ClF5N3/c1-8-11(15)12(22-7-21-8)23-10-4-2-9(3-5-10)6-13(16,17)14(18,19)20/h7,9-10H,2-6H2,1H3,(H,21,22,23). The van der Waals surface area contributed by atoms with Crippen molar-refractivity contribution in [2.24, 2.45) is 5.92 Å². The summed E-state index contributed by atoms with van der Waals surface area (Å²) in [4.78, 5) is 7.96. The summed E-state index contributed by atoms with van der Waals surface area (Å²) >= 11 is 6.07. The molecule has 1 saturated carbocycles. The van der Waals surface area contributed by atoms with Crippen LogP contribution in [-0.4, -0.2) is 28.1 Å². The zero-order valence-electron chi connectivity index (χ0n) is 12.4. The summed E-state index contributed by atoms with van der Waals surface area (Å²) in [6.07, 6.45) is -3.64. The lowest BCUT2D eigenvalue weighted by atomic mass is 9.82. The minimum atomic E-state index is -5.48. The molecule has 2 rings (SSSR count). The fourth-order valence-corrected chi connectivity index (χ4v) is 2.89. The topological polar surface area (TPSA) is 37.8 Å². The molecule has 0 aliphatic heterocycles. The lowest BCUT2D eigenvalue weighted by Gasteiger charge is -2.32. The maximum atomic E-state index is 13.1. The molecule has 1 aliphatic rings. The van der Waals surface area contributed by atoms with E-state index in [-0.39, 0.29) is 6.04 Å². The molecule has 0 radical (unpaired) electrons. The first-order valence-corrected chi connectivity index (χ1v) is 7.66. The van der Waals surface area contributed by atoms with Crippen molar-refractivity contribution >= 4 is 17.4 Å². The molecule has 1 aromatic heterocycles. The Kier molecular flexibility index (Phi) is 5.33. The van der Waals surface area contributed by atoms with Crippen molar-refractivity contribution in [2.75, 3.05) is 5.32 Å². The highest BCUT2D eigenvalue weighted by Gasteiger charge is 2.57. The summed E-state index contributed by atoms with van der Waals surface area (Å²) in [5.41, 5.74) is 0.614. The van der Waals surface area contributed by atoms with Gasteiger partial charge in [0.05, 0.1) is 5.69 Å². The number of rotatable bonds is 4. The van der Waals surface area contributed by atoms with Crippen molar-refractivity contribution in [1.29, 1.82) is 0 Å². The van der Waals surface area contributed by atoms with Gasteiger partial charge in [0.15, 0.2) is 0 Å². The Bertz CT molecular complexity index is 542. The molecule has 0 spiro atoms. The van der Waals surface area contributed by atoms with Crippen molar-refractivity contribution in [3.63, 3.8) is 0 Å². The zero-order chi connectivity index (χ0) is 17.3. The van der Waals surface area contributed by atoms with Gasteiger partial charge in [0.1, 0.15) is 17.2 Å². The average Bonchev–Trinajstić information content (AvgIpc) is 2.44. The number of nitrogens with one attached hydrogen (secondary N) is 1. The number of hydrogen-bond acceptors (Lipinski definition) is 3. The molecule has 0 amide bonds. The predicted octanol–water partition coefficient (Wildman–Crippen LogP) is 5.00. The number of alkyl halides is 5. The van der Waals surface area contributed by atoms with Crippen molar-refractivity contribution in [1.82, 2.24) is 9.97 Å². The predicted molar refractivity (Wildman–Crippen MR) is 76.8 cm³/mol. The molecule has 1 aliphatic carbocycles. The Hall–Kier alpha value is -1.18. The van der Waals surface area contributed by atoms with Gasteiger partial charge in [-0.15, -0.1) is 0 Å². The molecule has 0 bridgehead atoms. The number of aromatic nitrogens is 2. The summed E-state index contributed by atoms with van der Waals surface area (Å²) in [5, 5.41) is 3.50. The maximum absolute atomic E-state index is 13.1. The smallest absolute Gasteiger partial charge is 0.366 e. The van der Waals surface area contributed by atoms with E-state index in [0.717, 1.165) is 0 Å². The second-order valence-corrected chi connectivity index (χ2v) is 6.27. The molecule has 0 saturated heterocycles. The average molecular weight is 358 g/mol. The third kappa shape index (κ3) is 4.43. The van der Waals surface area contributed by atoms with Crippen LogP contribution in [0.5, 0.6) is 0 Å². The van der Waals surface area contributed by atoms with Crippen molar-refractivity contribution in [3.8, 4) is 0 Å². The molecule has 1 aromatic rings. The van der Waals surface area contributed by atoms with Gasteiger partial charge >= 0.3 is 12.1 Å². The van der Waals surface area contributed by atoms with Crippen molar-refractivity contribution in [3.05, 3.63) is 17.0 Å². The molecule has 0 aromatic carbocycles. The SMILES string of the molecule is Cc1ncnc(NC2CCC(CC(F)(F)C(F)(F)F)CC2)c1Cl. The molecule has 0 atom stereocenters. The van der Waals surface area contributed by atoms with Gasteiger partial charge in [-0.05, 0) is 38.5 Å². The highest BCUT2D eigenvalue weighted by molar-refractivity contribution is 6.33. The first kappa shape index (κ1) is 18.2. The van der Waals surface area contributed by atoms with Crippen molar-refractivity contribution < 1.29 is 22.0 Å². The first-order chi connectivity index (χ1) is 10.6. The van der Waals surface area contributed by atoms with Gasteiger partial charge < -0.3 is 5.32 Å². The highest BCUT2D eigenvalue weighted by Crippen LogP contribution is 2.43. The van der Waals surface area contributed by atoms with Gasteiger partial charge in [-0.25, -0.2) is 9.97 Å². The van der Waals surface area contributed by atoms with Crippen LogP contribution in [0.15, 0.2) is 6.33 Å². The normalized spacial score (nSPS) is 22.9. The van der Waals surface area contributed by atoms with Crippen LogP contribution >= 0.6 is 11.6 Å². The van der Waals surface area contributed by atoms with E-state index in [0.29, 0.717) is 42.2 Å². The quantitative estimate of drug-likeness (QED) is 0.771.